The van der Waals surface area contributed by atoms with Gasteiger partial charge in [-0.3, -0.25) is 14.3 Å². The molecule has 1 amide bonds. The zero-order chi connectivity index (χ0) is 16.4. The molecule has 1 saturated carbocycles. The van der Waals surface area contributed by atoms with E-state index in [4.69, 9.17) is 5.11 Å². The van der Waals surface area contributed by atoms with Crippen LogP contribution in [-0.4, -0.2) is 31.7 Å². The molecule has 0 aliphatic heterocycles. The van der Waals surface area contributed by atoms with Gasteiger partial charge in [-0.2, -0.15) is 5.10 Å². The normalized spacial score (nSPS) is 19.9. The molecule has 2 heterocycles. The molecule has 7 heteroatoms. The van der Waals surface area contributed by atoms with Crippen molar-refractivity contribution in [2.75, 3.05) is 5.32 Å². The second-order valence-electron chi connectivity index (χ2n) is 5.95. The van der Waals surface area contributed by atoms with Crippen molar-refractivity contribution in [3.63, 3.8) is 0 Å². The number of nitrogens with one attached hydrogen (secondary N) is 1. The summed E-state index contributed by atoms with van der Waals surface area (Å²) in [7, 11) is 1.84. The first kappa shape index (κ1) is 15.2. The number of carboxylic acid groups (broad SMARTS) is 1. The lowest BCUT2D eigenvalue weighted by Gasteiger charge is -2.33. The third kappa shape index (κ3) is 3.56. The molecule has 2 aromatic heterocycles. The fourth-order valence-corrected chi connectivity index (χ4v) is 2.84. The molecule has 23 heavy (non-hydrogen) atoms. The van der Waals surface area contributed by atoms with Gasteiger partial charge in [-0.1, -0.05) is 0 Å². The summed E-state index contributed by atoms with van der Waals surface area (Å²) >= 11 is 0. The van der Waals surface area contributed by atoms with Gasteiger partial charge in [0.1, 0.15) is 5.82 Å². The van der Waals surface area contributed by atoms with Crippen molar-refractivity contribution in [1.29, 1.82) is 0 Å². The second kappa shape index (κ2) is 6.20. The predicted octanol–water partition coefficient (Wildman–Crippen LogP) is 1.92. The van der Waals surface area contributed by atoms with Crippen molar-refractivity contribution in [2.24, 2.45) is 18.9 Å². The van der Waals surface area contributed by atoms with Gasteiger partial charge in [0, 0.05) is 37.3 Å². The Kier molecular flexibility index (Phi) is 4.10. The summed E-state index contributed by atoms with van der Waals surface area (Å²) in [4.78, 5) is 27.0. The SMILES string of the molecule is Cn1cc(-c2ccnc(NC(=O)C3CC(CC(=O)O)C3)c2)cn1. The summed E-state index contributed by atoms with van der Waals surface area (Å²) in [6.07, 6.45) is 6.68. The van der Waals surface area contributed by atoms with Gasteiger partial charge in [-0.15, -0.1) is 0 Å². The van der Waals surface area contributed by atoms with E-state index in [9.17, 15) is 9.59 Å². The number of pyridine rings is 1. The standard InChI is InChI=1S/C16H18N4O3/c1-20-9-13(8-18-20)11-2-3-17-14(7-11)19-16(23)12-4-10(5-12)6-15(21)22/h2-3,7-10,12H,4-6H2,1H3,(H,21,22)(H,17,19,23). The molecule has 3 rings (SSSR count). The number of nitrogens with zero attached hydrogens (tertiary/aromatic N) is 3. The molecule has 0 atom stereocenters. The highest BCUT2D eigenvalue weighted by atomic mass is 16.4. The molecule has 1 fully saturated rings. The zero-order valence-corrected chi connectivity index (χ0v) is 12.8. The van der Waals surface area contributed by atoms with Crippen LogP contribution in [0.15, 0.2) is 30.7 Å². The number of aromatic nitrogens is 3. The molecular formula is C16H18N4O3. The minimum absolute atomic E-state index is 0.0949. The maximum absolute atomic E-state index is 12.2. The van der Waals surface area contributed by atoms with Gasteiger partial charge >= 0.3 is 5.97 Å². The van der Waals surface area contributed by atoms with E-state index in [0.717, 1.165) is 11.1 Å². The number of hydrogen-bond donors (Lipinski definition) is 2. The topological polar surface area (TPSA) is 97.1 Å². The summed E-state index contributed by atoms with van der Waals surface area (Å²) in [5.74, 6) is -0.415. The number of aliphatic carboxylic acids is 1. The van der Waals surface area contributed by atoms with E-state index >= 15 is 0 Å². The maximum atomic E-state index is 12.2. The Labute approximate surface area is 133 Å². The molecule has 7 nitrogen and oxygen atoms in total. The molecule has 0 spiro atoms. The first-order valence-electron chi connectivity index (χ1n) is 7.49. The smallest absolute Gasteiger partial charge is 0.303 e. The summed E-state index contributed by atoms with van der Waals surface area (Å²) in [6, 6.07) is 3.67. The molecule has 0 aromatic carbocycles. The van der Waals surface area contributed by atoms with Crippen molar-refractivity contribution in [3.8, 4) is 11.1 Å². The number of rotatable bonds is 5. The van der Waals surface area contributed by atoms with Gasteiger partial charge in [-0.05, 0) is 36.5 Å². The fraction of sp³-hybridized carbons (Fsp3) is 0.375. The lowest BCUT2D eigenvalue weighted by Crippen LogP contribution is -2.35. The van der Waals surface area contributed by atoms with Crippen LogP contribution >= 0.6 is 0 Å². The molecule has 0 bridgehead atoms. The van der Waals surface area contributed by atoms with Crippen LogP contribution in [0.5, 0.6) is 0 Å². The quantitative estimate of drug-likeness (QED) is 0.879. The average molecular weight is 314 g/mol. The van der Waals surface area contributed by atoms with Crippen molar-refractivity contribution in [2.45, 2.75) is 19.3 Å². The van der Waals surface area contributed by atoms with E-state index in [2.05, 4.69) is 15.4 Å². The van der Waals surface area contributed by atoms with Crippen LogP contribution in [0.1, 0.15) is 19.3 Å². The summed E-state index contributed by atoms with van der Waals surface area (Å²) in [6.45, 7) is 0. The molecule has 0 saturated heterocycles. The third-order valence-corrected chi connectivity index (χ3v) is 4.12. The summed E-state index contributed by atoms with van der Waals surface area (Å²) in [5, 5.41) is 15.7. The fourth-order valence-electron chi connectivity index (χ4n) is 2.84. The van der Waals surface area contributed by atoms with Crippen LogP contribution in [0, 0.1) is 11.8 Å². The highest BCUT2D eigenvalue weighted by Crippen LogP contribution is 2.36. The molecule has 1 aliphatic carbocycles. The van der Waals surface area contributed by atoms with Crippen LogP contribution in [0.25, 0.3) is 11.1 Å². The van der Waals surface area contributed by atoms with E-state index in [1.54, 1.807) is 17.1 Å². The highest BCUT2D eigenvalue weighted by molar-refractivity contribution is 5.92. The molecular weight excluding hydrogens is 296 g/mol. The summed E-state index contributed by atoms with van der Waals surface area (Å²) in [5.41, 5.74) is 1.89. The number of aryl methyl sites for hydroxylation is 1. The van der Waals surface area contributed by atoms with E-state index in [1.165, 1.54) is 0 Å². The Morgan fingerprint density at radius 1 is 1.39 bits per heavy atom. The molecule has 2 N–H and O–H groups in total. The number of carbonyl (C=O) groups is 2. The van der Waals surface area contributed by atoms with Crippen LogP contribution in [0.3, 0.4) is 0 Å². The second-order valence-corrected chi connectivity index (χ2v) is 5.95. The van der Waals surface area contributed by atoms with Gasteiger partial charge in [0.15, 0.2) is 0 Å². The van der Waals surface area contributed by atoms with E-state index in [1.807, 2.05) is 25.4 Å². The minimum Gasteiger partial charge on any atom is -0.481 e. The van der Waals surface area contributed by atoms with Crippen LogP contribution in [-0.2, 0) is 16.6 Å². The van der Waals surface area contributed by atoms with Gasteiger partial charge in [-0.25, -0.2) is 4.98 Å². The van der Waals surface area contributed by atoms with Crippen LogP contribution < -0.4 is 5.32 Å². The van der Waals surface area contributed by atoms with Crippen molar-refractivity contribution in [1.82, 2.24) is 14.8 Å². The molecule has 2 aromatic rings. The van der Waals surface area contributed by atoms with Crippen LogP contribution in [0.2, 0.25) is 0 Å². The molecule has 0 unspecified atom stereocenters. The third-order valence-electron chi connectivity index (χ3n) is 4.12. The number of carbonyl (C=O) groups excluding carboxylic acids is 1. The largest absolute Gasteiger partial charge is 0.481 e. The Morgan fingerprint density at radius 3 is 2.83 bits per heavy atom. The molecule has 120 valence electrons. The molecule has 1 aliphatic rings. The monoisotopic (exact) mass is 314 g/mol. The Balaban J connectivity index is 1.60. The number of amides is 1. The van der Waals surface area contributed by atoms with E-state index in [0.29, 0.717) is 18.7 Å². The van der Waals surface area contributed by atoms with Gasteiger partial charge in [0.05, 0.1) is 6.20 Å². The first-order valence-corrected chi connectivity index (χ1v) is 7.49. The van der Waals surface area contributed by atoms with E-state index < -0.39 is 5.97 Å². The van der Waals surface area contributed by atoms with Gasteiger partial charge in [0.25, 0.3) is 0 Å². The number of hydrogen-bond acceptors (Lipinski definition) is 4. The van der Waals surface area contributed by atoms with Crippen molar-refractivity contribution >= 4 is 17.7 Å². The van der Waals surface area contributed by atoms with Crippen LogP contribution in [0.4, 0.5) is 5.82 Å². The minimum atomic E-state index is -0.806. The number of anilines is 1. The summed E-state index contributed by atoms with van der Waals surface area (Å²) < 4.78 is 1.71. The highest BCUT2D eigenvalue weighted by Gasteiger charge is 2.35. The lowest BCUT2D eigenvalue weighted by atomic mass is 9.73. The van der Waals surface area contributed by atoms with E-state index in [-0.39, 0.29) is 24.2 Å². The van der Waals surface area contributed by atoms with Gasteiger partial charge in [0.2, 0.25) is 5.91 Å². The number of carboxylic acids is 1. The maximum Gasteiger partial charge on any atom is 0.303 e. The van der Waals surface area contributed by atoms with Crippen molar-refractivity contribution in [3.05, 3.63) is 30.7 Å². The Morgan fingerprint density at radius 2 is 2.17 bits per heavy atom. The Bertz CT molecular complexity index is 734. The molecule has 0 radical (unpaired) electrons. The van der Waals surface area contributed by atoms with Gasteiger partial charge < -0.3 is 10.4 Å². The first-order chi connectivity index (χ1) is 11.0. The van der Waals surface area contributed by atoms with Crippen molar-refractivity contribution < 1.29 is 14.7 Å². The zero-order valence-electron chi connectivity index (χ0n) is 12.8. The predicted molar refractivity (Wildman–Crippen MR) is 83.5 cm³/mol. The lowest BCUT2D eigenvalue weighted by molar-refractivity contribution is -0.140. The average Bonchev–Trinajstić information content (AvgIpc) is 2.89. The Hall–Kier alpha value is -2.70.